The molecule has 2 aliphatic carbocycles. The van der Waals surface area contributed by atoms with Gasteiger partial charge >= 0.3 is 0 Å². The van der Waals surface area contributed by atoms with E-state index in [2.05, 4.69) is 223 Å². The Hall–Kier alpha value is -8.14. The van der Waals surface area contributed by atoms with E-state index in [9.17, 15) is 0 Å². The molecule has 10 aromatic carbocycles. The Morgan fingerprint density at radius 2 is 0.839 bits per heavy atom. The SMILES string of the molecule is c1ccc(-c2ccccc2-c2ccc(N(c3cccc4c3Oc3cc5c(cc3O4)C3(c4ccccc4-c4ccccc43)c3ccccc3-5)c3cccc4ccccc34)cc2)cc1. The average Bonchev–Trinajstić information content (AvgIpc) is 3.80. The third-order valence-corrected chi connectivity index (χ3v) is 13.1. The van der Waals surface area contributed by atoms with Crippen molar-refractivity contribution in [2.24, 2.45) is 0 Å². The summed E-state index contributed by atoms with van der Waals surface area (Å²) in [6.45, 7) is 0. The zero-order valence-corrected chi connectivity index (χ0v) is 33.6. The summed E-state index contributed by atoms with van der Waals surface area (Å²) < 4.78 is 14.2. The average molecular weight is 792 g/mol. The predicted octanol–water partition coefficient (Wildman–Crippen LogP) is 15.9. The van der Waals surface area contributed by atoms with Gasteiger partial charge in [-0.05, 0) is 115 Å². The van der Waals surface area contributed by atoms with Gasteiger partial charge in [-0.25, -0.2) is 0 Å². The minimum Gasteiger partial charge on any atom is -0.449 e. The summed E-state index contributed by atoms with van der Waals surface area (Å²) in [5.74, 6) is 2.75. The number of rotatable bonds is 5. The second-order valence-electron chi connectivity index (χ2n) is 16.3. The second kappa shape index (κ2) is 13.4. The highest BCUT2D eigenvalue weighted by molar-refractivity contribution is 6.01. The van der Waals surface area contributed by atoms with Crippen molar-refractivity contribution in [2.45, 2.75) is 5.41 Å². The lowest BCUT2D eigenvalue weighted by molar-refractivity contribution is 0.360. The molecule has 0 saturated heterocycles. The smallest absolute Gasteiger partial charge is 0.194 e. The number of benzene rings is 10. The van der Waals surface area contributed by atoms with Crippen molar-refractivity contribution >= 4 is 27.8 Å². The molecular formula is C59H37NO2. The fourth-order valence-electron chi connectivity index (χ4n) is 10.6. The third-order valence-electron chi connectivity index (χ3n) is 13.1. The van der Waals surface area contributed by atoms with Gasteiger partial charge in [-0.15, -0.1) is 0 Å². The molecule has 0 radical (unpaired) electrons. The Labute approximate surface area is 360 Å². The van der Waals surface area contributed by atoms with Gasteiger partial charge in [0.15, 0.2) is 23.0 Å². The molecule has 0 bridgehead atoms. The van der Waals surface area contributed by atoms with Gasteiger partial charge in [-0.3, -0.25) is 0 Å². The Kier molecular flexibility index (Phi) is 7.52. The van der Waals surface area contributed by atoms with Crippen molar-refractivity contribution in [3.8, 4) is 67.5 Å². The standard InChI is InChI=1S/C59H37NO2/c1-2-16-38(17-3-1)42-20-6-7-21-43(42)40-32-34-41(35-33-40)60(53-29-14-19-39-18-4-5-22-44(39)53)54-30-15-31-55-58(54)62-56-36-48-47-25-10-13-28-51(47)59(52(48)37-57(56)61-55)49-26-11-8-23-45(49)46-24-9-12-27-50(46)59/h1-37H. The normalized spacial score (nSPS) is 13.2. The predicted molar refractivity (Wildman–Crippen MR) is 252 cm³/mol. The van der Waals surface area contributed by atoms with Crippen molar-refractivity contribution in [1.29, 1.82) is 0 Å². The fourth-order valence-corrected chi connectivity index (χ4v) is 10.6. The quantitative estimate of drug-likeness (QED) is 0.173. The molecule has 10 aromatic rings. The lowest BCUT2D eigenvalue weighted by Gasteiger charge is -2.32. The number of hydrogen-bond acceptors (Lipinski definition) is 3. The van der Waals surface area contributed by atoms with Crippen molar-refractivity contribution in [3.63, 3.8) is 0 Å². The van der Waals surface area contributed by atoms with Gasteiger partial charge in [0.05, 0.1) is 16.8 Å². The van der Waals surface area contributed by atoms with E-state index in [0.29, 0.717) is 23.0 Å². The van der Waals surface area contributed by atoms with Crippen LogP contribution in [0, 0.1) is 0 Å². The second-order valence-corrected chi connectivity index (χ2v) is 16.3. The molecule has 290 valence electrons. The first kappa shape index (κ1) is 34.7. The van der Waals surface area contributed by atoms with E-state index in [-0.39, 0.29) is 0 Å². The van der Waals surface area contributed by atoms with E-state index in [0.717, 1.165) is 39.0 Å². The van der Waals surface area contributed by atoms with E-state index in [1.54, 1.807) is 0 Å². The molecule has 3 nitrogen and oxygen atoms in total. The molecular weight excluding hydrogens is 755 g/mol. The van der Waals surface area contributed by atoms with E-state index in [1.165, 1.54) is 55.6 Å². The zero-order valence-electron chi connectivity index (χ0n) is 33.6. The van der Waals surface area contributed by atoms with Crippen LogP contribution in [0.3, 0.4) is 0 Å². The molecule has 3 heteroatoms. The minimum atomic E-state index is -0.474. The maximum Gasteiger partial charge on any atom is 0.194 e. The van der Waals surface area contributed by atoms with Gasteiger partial charge in [0.1, 0.15) is 0 Å². The molecule has 0 saturated carbocycles. The number of ether oxygens (including phenoxy) is 2. The zero-order chi connectivity index (χ0) is 40.8. The lowest BCUT2D eigenvalue weighted by Crippen LogP contribution is -2.25. The summed E-state index contributed by atoms with van der Waals surface area (Å²) >= 11 is 0. The first-order valence-electron chi connectivity index (χ1n) is 21.2. The van der Waals surface area contributed by atoms with Crippen molar-refractivity contribution in [2.75, 3.05) is 4.90 Å². The van der Waals surface area contributed by atoms with Crippen molar-refractivity contribution in [3.05, 3.63) is 247 Å². The topological polar surface area (TPSA) is 21.7 Å². The minimum absolute atomic E-state index is 0.474. The maximum absolute atomic E-state index is 7.17. The molecule has 13 rings (SSSR count). The van der Waals surface area contributed by atoms with Crippen LogP contribution < -0.4 is 14.4 Å². The number of anilines is 3. The van der Waals surface area contributed by atoms with E-state index in [1.807, 2.05) is 6.07 Å². The number of hydrogen-bond donors (Lipinski definition) is 0. The van der Waals surface area contributed by atoms with Crippen LogP contribution in [-0.4, -0.2) is 0 Å². The highest BCUT2D eigenvalue weighted by Gasteiger charge is 2.52. The maximum atomic E-state index is 7.17. The summed E-state index contributed by atoms with van der Waals surface area (Å²) in [6, 6.07) is 80.5. The van der Waals surface area contributed by atoms with Gasteiger partial charge in [0.25, 0.3) is 0 Å². The van der Waals surface area contributed by atoms with Gasteiger partial charge < -0.3 is 14.4 Å². The fraction of sp³-hybridized carbons (Fsp3) is 0.0169. The van der Waals surface area contributed by atoms with Crippen LogP contribution in [0.25, 0.3) is 55.3 Å². The van der Waals surface area contributed by atoms with Crippen LogP contribution in [0.2, 0.25) is 0 Å². The van der Waals surface area contributed by atoms with Crippen LogP contribution in [0.1, 0.15) is 22.3 Å². The third kappa shape index (κ3) is 4.94. The van der Waals surface area contributed by atoms with E-state index < -0.39 is 5.41 Å². The highest BCUT2D eigenvalue weighted by atomic mass is 16.6. The molecule has 0 amide bonds. The monoisotopic (exact) mass is 791 g/mol. The first-order chi connectivity index (χ1) is 30.8. The molecule has 0 fully saturated rings. The van der Waals surface area contributed by atoms with Crippen molar-refractivity contribution in [1.82, 2.24) is 0 Å². The van der Waals surface area contributed by atoms with Crippen LogP contribution in [0.5, 0.6) is 23.0 Å². The summed E-state index contributed by atoms with van der Waals surface area (Å²) in [6.07, 6.45) is 0. The molecule has 3 aliphatic rings. The van der Waals surface area contributed by atoms with Crippen molar-refractivity contribution < 1.29 is 9.47 Å². The van der Waals surface area contributed by atoms with Gasteiger partial charge in [0.2, 0.25) is 0 Å². The summed E-state index contributed by atoms with van der Waals surface area (Å²) in [4.78, 5) is 2.31. The number of fused-ring (bicyclic) bond motifs is 13. The van der Waals surface area contributed by atoms with E-state index >= 15 is 0 Å². The number of para-hydroxylation sites is 1. The van der Waals surface area contributed by atoms with E-state index in [4.69, 9.17) is 9.47 Å². The molecule has 0 atom stereocenters. The molecule has 0 aromatic heterocycles. The van der Waals surface area contributed by atoms with Crippen LogP contribution in [0.15, 0.2) is 224 Å². The van der Waals surface area contributed by atoms with Crippen LogP contribution in [0.4, 0.5) is 17.1 Å². The Balaban J connectivity index is 0.965. The lowest BCUT2D eigenvalue weighted by atomic mass is 9.70. The van der Waals surface area contributed by atoms with Gasteiger partial charge in [0, 0.05) is 11.1 Å². The molecule has 1 heterocycles. The summed E-state index contributed by atoms with van der Waals surface area (Å²) in [7, 11) is 0. The molecule has 0 unspecified atom stereocenters. The molecule has 0 N–H and O–H groups in total. The molecule has 1 aliphatic heterocycles. The largest absolute Gasteiger partial charge is 0.449 e. The van der Waals surface area contributed by atoms with Crippen LogP contribution >= 0.6 is 0 Å². The Morgan fingerprint density at radius 1 is 0.323 bits per heavy atom. The highest BCUT2D eigenvalue weighted by Crippen LogP contribution is 2.65. The molecule has 62 heavy (non-hydrogen) atoms. The first-order valence-corrected chi connectivity index (χ1v) is 21.2. The van der Waals surface area contributed by atoms with Gasteiger partial charge in [-0.2, -0.15) is 0 Å². The summed E-state index contributed by atoms with van der Waals surface area (Å²) in [5.41, 5.74) is 17.2. The van der Waals surface area contributed by atoms with Crippen LogP contribution in [-0.2, 0) is 5.41 Å². The number of nitrogens with zero attached hydrogens (tertiary/aromatic N) is 1. The Bertz CT molecular complexity index is 3370. The summed E-state index contributed by atoms with van der Waals surface area (Å²) in [5, 5.41) is 2.30. The Morgan fingerprint density at radius 3 is 1.53 bits per heavy atom. The molecule has 1 spiro atoms. The van der Waals surface area contributed by atoms with Gasteiger partial charge in [-0.1, -0.05) is 182 Å².